The fourth-order valence-electron chi connectivity index (χ4n) is 1.82. The summed E-state index contributed by atoms with van der Waals surface area (Å²) in [6, 6.07) is 3.97. The van der Waals surface area contributed by atoms with E-state index < -0.39 is 0 Å². The first kappa shape index (κ1) is 10.4. The minimum Gasteiger partial charge on any atom is -0.492 e. The summed E-state index contributed by atoms with van der Waals surface area (Å²) < 4.78 is 5.70. The van der Waals surface area contributed by atoms with Crippen LogP contribution in [0.15, 0.2) is 18.3 Å². The maximum Gasteiger partial charge on any atom is 0.137 e. The van der Waals surface area contributed by atoms with E-state index in [4.69, 9.17) is 4.74 Å². The molecule has 15 heavy (non-hydrogen) atoms. The van der Waals surface area contributed by atoms with Gasteiger partial charge >= 0.3 is 0 Å². The number of nitrogens with zero attached hydrogens (tertiary/aromatic N) is 1. The highest BCUT2D eigenvalue weighted by Gasteiger charge is 2.13. The second kappa shape index (κ2) is 5.12. The van der Waals surface area contributed by atoms with Gasteiger partial charge in [-0.25, -0.2) is 0 Å². The van der Waals surface area contributed by atoms with Gasteiger partial charge in [-0.3, -0.25) is 4.98 Å². The third-order valence-corrected chi connectivity index (χ3v) is 2.77. The molecule has 1 aliphatic rings. The molecule has 1 saturated heterocycles. The summed E-state index contributed by atoms with van der Waals surface area (Å²) in [5, 5.41) is 3.38. The highest BCUT2D eigenvalue weighted by Crippen LogP contribution is 2.14. The number of piperidine rings is 1. The Bertz CT molecular complexity index is 291. The van der Waals surface area contributed by atoms with Crippen LogP contribution in [0.2, 0.25) is 0 Å². The van der Waals surface area contributed by atoms with Crippen LogP contribution in [0.25, 0.3) is 0 Å². The molecule has 1 atom stereocenters. The van der Waals surface area contributed by atoms with Crippen LogP contribution in [0.1, 0.15) is 18.5 Å². The fourth-order valence-corrected chi connectivity index (χ4v) is 1.82. The Hall–Kier alpha value is -1.09. The average Bonchev–Trinajstić information content (AvgIpc) is 2.30. The number of aryl methyl sites for hydroxylation is 1. The van der Waals surface area contributed by atoms with Gasteiger partial charge in [0.1, 0.15) is 5.75 Å². The molecule has 0 aromatic carbocycles. The quantitative estimate of drug-likeness (QED) is 0.818. The maximum atomic E-state index is 5.70. The van der Waals surface area contributed by atoms with Gasteiger partial charge in [0.25, 0.3) is 0 Å². The summed E-state index contributed by atoms with van der Waals surface area (Å²) in [5.41, 5.74) is 1.03. The minimum atomic E-state index is 0.653. The van der Waals surface area contributed by atoms with Crippen molar-refractivity contribution in [3.8, 4) is 5.75 Å². The molecule has 1 fully saturated rings. The van der Waals surface area contributed by atoms with E-state index in [1.54, 1.807) is 6.20 Å². The first-order chi connectivity index (χ1) is 7.34. The normalized spacial score (nSPS) is 21.3. The van der Waals surface area contributed by atoms with Crippen LogP contribution in [-0.4, -0.2) is 24.7 Å². The number of rotatable bonds is 3. The molecule has 2 heterocycles. The van der Waals surface area contributed by atoms with Gasteiger partial charge in [0.05, 0.1) is 12.8 Å². The van der Waals surface area contributed by atoms with E-state index in [1.165, 1.54) is 12.8 Å². The predicted molar refractivity (Wildman–Crippen MR) is 60.1 cm³/mol. The number of hydrogen-bond acceptors (Lipinski definition) is 3. The Kier molecular flexibility index (Phi) is 3.56. The first-order valence-corrected chi connectivity index (χ1v) is 5.61. The summed E-state index contributed by atoms with van der Waals surface area (Å²) in [6.45, 7) is 5.02. The molecule has 1 aliphatic heterocycles. The topological polar surface area (TPSA) is 34.1 Å². The second-order valence-electron chi connectivity index (χ2n) is 4.16. The standard InChI is InChI=1S/C12H18N2O/c1-10-4-5-12(8-14-10)15-9-11-3-2-6-13-7-11/h4-5,8,11,13H,2-3,6-7,9H2,1H3/t11-/m0/s1. The lowest BCUT2D eigenvalue weighted by molar-refractivity contribution is 0.218. The van der Waals surface area contributed by atoms with E-state index in [2.05, 4.69) is 10.3 Å². The summed E-state index contributed by atoms with van der Waals surface area (Å²) in [4.78, 5) is 4.20. The molecule has 1 aromatic rings. The molecule has 3 nitrogen and oxygen atoms in total. The van der Waals surface area contributed by atoms with E-state index in [0.717, 1.165) is 31.1 Å². The van der Waals surface area contributed by atoms with Crippen LogP contribution < -0.4 is 10.1 Å². The first-order valence-electron chi connectivity index (χ1n) is 5.61. The van der Waals surface area contributed by atoms with Gasteiger partial charge in [0, 0.05) is 18.2 Å². The molecular formula is C12H18N2O. The Labute approximate surface area is 90.9 Å². The zero-order valence-electron chi connectivity index (χ0n) is 9.20. The lowest BCUT2D eigenvalue weighted by atomic mass is 10.0. The van der Waals surface area contributed by atoms with Crippen molar-refractivity contribution in [1.29, 1.82) is 0 Å². The lowest BCUT2D eigenvalue weighted by Crippen LogP contribution is -2.33. The molecular weight excluding hydrogens is 188 g/mol. The number of aromatic nitrogens is 1. The average molecular weight is 206 g/mol. The Balaban J connectivity index is 1.79. The Morgan fingerprint density at radius 2 is 2.47 bits per heavy atom. The summed E-state index contributed by atoms with van der Waals surface area (Å²) in [5.74, 6) is 1.53. The van der Waals surface area contributed by atoms with Gasteiger partial charge in [-0.2, -0.15) is 0 Å². The van der Waals surface area contributed by atoms with Crippen LogP contribution in [0.4, 0.5) is 0 Å². The summed E-state index contributed by atoms with van der Waals surface area (Å²) in [6.07, 6.45) is 4.33. The zero-order chi connectivity index (χ0) is 10.5. The maximum absolute atomic E-state index is 5.70. The molecule has 2 rings (SSSR count). The van der Waals surface area contributed by atoms with Gasteiger partial charge in [-0.05, 0) is 38.4 Å². The van der Waals surface area contributed by atoms with E-state index in [9.17, 15) is 0 Å². The van der Waals surface area contributed by atoms with Crippen LogP contribution in [0, 0.1) is 12.8 Å². The summed E-state index contributed by atoms with van der Waals surface area (Å²) in [7, 11) is 0. The van der Waals surface area contributed by atoms with Crippen molar-refractivity contribution in [3.63, 3.8) is 0 Å². The molecule has 0 amide bonds. The lowest BCUT2D eigenvalue weighted by Gasteiger charge is -2.22. The molecule has 1 aromatic heterocycles. The van der Waals surface area contributed by atoms with Crippen molar-refractivity contribution < 1.29 is 4.74 Å². The van der Waals surface area contributed by atoms with Crippen molar-refractivity contribution >= 4 is 0 Å². The van der Waals surface area contributed by atoms with Gasteiger partial charge in [-0.1, -0.05) is 0 Å². The number of hydrogen-bond donors (Lipinski definition) is 1. The monoisotopic (exact) mass is 206 g/mol. The molecule has 1 N–H and O–H groups in total. The predicted octanol–water partition coefficient (Wildman–Crippen LogP) is 1.77. The van der Waals surface area contributed by atoms with E-state index >= 15 is 0 Å². The Morgan fingerprint density at radius 1 is 1.53 bits per heavy atom. The highest BCUT2D eigenvalue weighted by molar-refractivity contribution is 5.19. The molecule has 82 valence electrons. The third kappa shape index (κ3) is 3.20. The van der Waals surface area contributed by atoms with Crippen molar-refractivity contribution in [3.05, 3.63) is 24.0 Å². The minimum absolute atomic E-state index is 0.653. The van der Waals surface area contributed by atoms with Crippen LogP contribution >= 0.6 is 0 Å². The molecule has 0 spiro atoms. The van der Waals surface area contributed by atoms with E-state index in [-0.39, 0.29) is 0 Å². The fraction of sp³-hybridized carbons (Fsp3) is 0.583. The molecule has 0 saturated carbocycles. The largest absolute Gasteiger partial charge is 0.492 e. The van der Waals surface area contributed by atoms with Gasteiger partial charge in [-0.15, -0.1) is 0 Å². The number of nitrogens with one attached hydrogen (secondary N) is 1. The number of pyridine rings is 1. The van der Waals surface area contributed by atoms with Gasteiger partial charge in [0.15, 0.2) is 0 Å². The van der Waals surface area contributed by atoms with Gasteiger partial charge in [0.2, 0.25) is 0 Å². The van der Waals surface area contributed by atoms with Crippen molar-refractivity contribution in [2.75, 3.05) is 19.7 Å². The molecule has 0 unspecified atom stereocenters. The van der Waals surface area contributed by atoms with Crippen molar-refractivity contribution in [1.82, 2.24) is 10.3 Å². The number of ether oxygens (including phenoxy) is 1. The van der Waals surface area contributed by atoms with E-state index in [0.29, 0.717) is 5.92 Å². The van der Waals surface area contributed by atoms with Crippen molar-refractivity contribution in [2.45, 2.75) is 19.8 Å². The van der Waals surface area contributed by atoms with Crippen LogP contribution in [0.3, 0.4) is 0 Å². The molecule has 0 radical (unpaired) electrons. The second-order valence-corrected chi connectivity index (χ2v) is 4.16. The smallest absolute Gasteiger partial charge is 0.137 e. The van der Waals surface area contributed by atoms with E-state index in [1.807, 2.05) is 19.1 Å². The summed E-state index contributed by atoms with van der Waals surface area (Å²) >= 11 is 0. The highest BCUT2D eigenvalue weighted by atomic mass is 16.5. The van der Waals surface area contributed by atoms with Crippen LogP contribution in [-0.2, 0) is 0 Å². The van der Waals surface area contributed by atoms with Crippen molar-refractivity contribution in [2.24, 2.45) is 5.92 Å². The third-order valence-electron chi connectivity index (χ3n) is 2.77. The molecule has 0 bridgehead atoms. The SMILES string of the molecule is Cc1ccc(OC[C@H]2CCCNC2)cn1. The zero-order valence-corrected chi connectivity index (χ0v) is 9.20. The Morgan fingerprint density at radius 3 is 3.13 bits per heavy atom. The molecule has 3 heteroatoms. The van der Waals surface area contributed by atoms with Gasteiger partial charge < -0.3 is 10.1 Å². The molecule has 0 aliphatic carbocycles. The van der Waals surface area contributed by atoms with Crippen LogP contribution in [0.5, 0.6) is 5.75 Å².